The molecule has 0 bridgehead atoms. The van der Waals surface area contributed by atoms with Crippen LogP contribution in [0.2, 0.25) is 0 Å². The van der Waals surface area contributed by atoms with Gasteiger partial charge in [-0.1, -0.05) is 0 Å². The first kappa shape index (κ1) is 26.2. The lowest BCUT2D eigenvalue weighted by molar-refractivity contribution is 0.180. The molecule has 1 aliphatic carbocycles. The number of sulfonamides is 1. The summed E-state index contributed by atoms with van der Waals surface area (Å²) in [5.41, 5.74) is 1.76. The Morgan fingerprint density at radius 2 is 1.72 bits per heavy atom. The predicted molar refractivity (Wildman–Crippen MR) is 146 cm³/mol. The van der Waals surface area contributed by atoms with E-state index in [-0.39, 0.29) is 10.9 Å². The molecule has 4 N–H and O–H groups in total. The molecule has 0 saturated heterocycles. The molecule has 1 aliphatic rings. The fraction of sp³-hybridized carbons (Fsp3) is 0.308. The second kappa shape index (κ2) is 11.2. The molecule has 12 nitrogen and oxygen atoms in total. The van der Waals surface area contributed by atoms with E-state index in [9.17, 15) is 13.2 Å². The summed E-state index contributed by atoms with van der Waals surface area (Å²) in [5, 5.41) is 19.9. The number of benzene rings is 2. The lowest BCUT2D eigenvalue weighted by Crippen LogP contribution is -2.37. The zero-order valence-electron chi connectivity index (χ0n) is 21.2. The van der Waals surface area contributed by atoms with Gasteiger partial charge in [-0.15, -0.1) is 0 Å². The predicted octanol–water partition coefficient (Wildman–Crippen LogP) is 4.21. The monoisotopic (exact) mass is 551 g/mol. The van der Waals surface area contributed by atoms with Crippen molar-refractivity contribution in [1.29, 1.82) is 0 Å². The number of aromatic nitrogens is 4. The van der Waals surface area contributed by atoms with Crippen molar-refractivity contribution in [3.8, 4) is 5.75 Å². The van der Waals surface area contributed by atoms with Crippen LogP contribution in [0.1, 0.15) is 25.7 Å². The van der Waals surface area contributed by atoms with Crippen molar-refractivity contribution in [2.75, 3.05) is 17.1 Å². The van der Waals surface area contributed by atoms with Crippen molar-refractivity contribution in [3.05, 3.63) is 60.9 Å². The van der Waals surface area contributed by atoms with Crippen LogP contribution in [0.25, 0.3) is 11.0 Å². The van der Waals surface area contributed by atoms with Crippen LogP contribution in [0.4, 0.5) is 22.1 Å². The number of rotatable bonds is 9. The summed E-state index contributed by atoms with van der Waals surface area (Å²) in [7, 11) is -2.22. The average molecular weight is 552 g/mol. The number of fused-ring (bicyclic) bond motifs is 1. The van der Waals surface area contributed by atoms with E-state index in [4.69, 9.17) is 9.84 Å². The van der Waals surface area contributed by atoms with Gasteiger partial charge < -0.3 is 20.5 Å². The SMILES string of the molecule is COc1ccc(NS(=O)(=O)c2ccc(Nc3ncc4cnn(CC5CCC(NC(=O)O)CC5)c4n3)cc2)cc1. The molecule has 0 aliphatic heterocycles. The molecule has 204 valence electrons. The van der Waals surface area contributed by atoms with Crippen molar-refractivity contribution in [2.45, 2.75) is 43.2 Å². The molecule has 4 aromatic rings. The first-order valence-corrected chi connectivity index (χ1v) is 14.0. The smallest absolute Gasteiger partial charge is 0.404 e. The molecule has 1 saturated carbocycles. The van der Waals surface area contributed by atoms with Crippen LogP contribution in [0.3, 0.4) is 0 Å². The summed E-state index contributed by atoms with van der Waals surface area (Å²) in [6.45, 7) is 0.688. The minimum absolute atomic E-state index is 0.00541. The van der Waals surface area contributed by atoms with E-state index in [1.165, 1.54) is 12.1 Å². The average Bonchev–Trinajstić information content (AvgIpc) is 3.32. The van der Waals surface area contributed by atoms with E-state index in [0.29, 0.717) is 41.2 Å². The van der Waals surface area contributed by atoms with E-state index in [2.05, 4.69) is 30.4 Å². The molecule has 0 spiro atoms. The second-order valence-corrected chi connectivity index (χ2v) is 11.1. The van der Waals surface area contributed by atoms with Crippen LogP contribution in [0, 0.1) is 5.92 Å². The number of hydrogen-bond acceptors (Lipinski definition) is 8. The van der Waals surface area contributed by atoms with Gasteiger partial charge in [0.05, 0.1) is 23.6 Å². The normalized spacial score (nSPS) is 17.5. The number of anilines is 3. The Kier molecular flexibility index (Phi) is 7.50. The van der Waals surface area contributed by atoms with E-state index >= 15 is 0 Å². The van der Waals surface area contributed by atoms with Crippen LogP contribution >= 0.6 is 0 Å². The lowest BCUT2D eigenvalue weighted by Gasteiger charge is -2.28. The van der Waals surface area contributed by atoms with Crippen LogP contribution in [0.5, 0.6) is 5.75 Å². The van der Waals surface area contributed by atoms with Gasteiger partial charge in [0.25, 0.3) is 10.0 Å². The minimum atomic E-state index is -3.77. The topological polar surface area (TPSA) is 160 Å². The third-order valence-electron chi connectivity index (χ3n) is 6.75. The van der Waals surface area contributed by atoms with Gasteiger partial charge in [-0.25, -0.2) is 22.9 Å². The number of nitrogens with zero attached hydrogens (tertiary/aromatic N) is 4. The largest absolute Gasteiger partial charge is 0.497 e. The summed E-state index contributed by atoms with van der Waals surface area (Å²) < 4.78 is 35.1. The maximum absolute atomic E-state index is 12.8. The highest BCUT2D eigenvalue weighted by molar-refractivity contribution is 7.92. The van der Waals surface area contributed by atoms with E-state index in [0.717, 1.165) is 31.1 Å². The lowest BCUT2D eigenvalue weighted by atomic mass is 9.86. The molecule has 13 heteroatoms. The maximum atomic E-state index is 12.8. The Balaban J connectivity index is 1.23. The highest BCUT2D eigenvalue weighted by Crippen LogP contribution is 2.27. The van der Waals surface area contributed by atoms with Crippen molar-refractivity contribution in [2.24, 2.45) is 5.92 Å². The van der Waals surface area contributed by atoms with Gasteiger partial charge in [-0.2, -0.15) is 10.1 Å². The van der Waals surface area contributed by atoms with Crippen LogP contribution in [0.15, 0.2) is 65.8 Å². The fourth-order valence-electron chi connectivity index (χ4n) is 4.69. The van der Waals surface area contributed by atoms with Gasteiger partial charge in [0.1, 0.15) is 5.75 Å². The molecule has 2 aromatic carbocycles. The molecule has 1 amide bonds. The van der Waals surface area contributed by atoms with Gasteiger partial charge in [-0.3, -0.25) is 4.72 Å². The molecule has 5 rings (SSSR count). The molecule has 39 heavy (non-hydrogen) atoms. The maximum Gasteiger partial charge on any atom is 0.404 e. The Bertz CT molecular complexity index is 1550. The van der Waals surface area contributed by atoms with E-state index < -0.39 is 16.1 Å². The molecular formula is C26H29N7O5S. The molecule has 0 radical (unpaired) electrons. The van der Waals surface area contributed by atoms with Gasteiger partial charge in [0, 0.05) is 30.2 Å². The number of ether oxygens (including phenoxy) is 1. The summed E-state index contributed by atoms with van der Waals surface area (Å²) in [6, 6.07) is 12.9. The Labute approximate surface area is 225 Å². The summed E-state index contributed by atoms with van der Waals surface area (Å²) in [4.78, 5) is 20.0. The van der Waals surface area contributed by atoms with E-state index in [1.807, 2.05) is 4.68 Å². The third-order valence-corrected chi connectivity index (χ3v) is 8.14. The van der Waals surface area contributed by atoms with Gasteiger partial charge in [0.15, 0.2) is 5.65 Å². The summed E-state index contributed by atoms with van der Waals surface area (Å²) in [5.74, 6) is 1.38. The first-order valence-electron chi connectivity index (χ1n) is 12.5. The van der Waals surface area contributed by atoms with Crippen molar-refractivity contribution < 1.29 is 23.1 Å². The standard InChI is InChI=1S/C26H29N7O5S/c1-38-22-10-6-21(7-11-22)32-39(36,37)23-12-8-19(9-13-23)29-25-27-14-18-15-28-33(24(18)31-25)16-17-2-4-20(5-3-17)30-26(34)35/h6-15,17,20,30,32H,2-5,16H2,1H3,(H,34,35)(H,27,29,31). The molecule has 2 aromatic heterocycles. The Morgan fingerprint density at radius 1 is 1.03 bits per heavy atom. The van der Waals surface area contributed by atoms with Crippen LogP contribution in [-0.4, -0.2) is 52.5 Å². The van der Waals surface area contributed by atoms with Crippen LogP contribution < -0.4 is 20.1 Å². The molecule has 0 atom stereocenters. The zero-order chi connectivity index (χ0) is 27.4. The quantitative estimate of drug-likeness (QED) is 0.239. The molecule has 0 unspecified atom stereocenters. The number of carbonyl (C=O) groups is 1. The fourth-order valence-corrected chi connectivity index (χ4v) is 5.75. The van der Waals surface area contributed by atoms with Crippen molar-refractivity contribution in [1.82, 2.24) is 25.1 Å². The first-order chi connectivity index (χ1) is 18.8. The number of carboxylic acid groups (broad SMARTS) is 1. The highest BCUT2D eigenvalue weighted by atomic mass is 32.2. The number of methoxy groups -OCH3 is 1. The number of hydrogen-bond donors (Lipinski definition) is 4. The van der Waals surface area contributed by atoms with Gasteiger partial charge >= 0.3 is 6.09 Å². The number of amides is 1. The van der Waals surface area contributed by atoms with Gasteiger partial charge in [0.2, 0.25) is 5.95 Å². The highest BCUT2D eigenvalue weighted by Gasteiger charge is 2.23. The van der Waals surface area contributed by atoms with Crippen molar-refractivity contribution in [3.63, 3.8) is 0 Å². The molecule has 1 fully saturated rings. The Hall–Kier alpha value is -4.39. The summed E-state index contributed by atoms with van der Waals surface area (Å²) in [6.07, 6.45) is 5.87. The third kappa shape index (κ3) is 6.37. The van der Waals surface area contributed by atoms with E-state index in [1.54, 1.807) is 55.9 Å². The van der Waals surface area contributed by atoms with Crippen LogP contribution in [-0.2, 0) is 16.6 Å². The Morgan fingerprint density at radius 3 is 2.38 bits per heavy atom. The second-order valence-electron chi connectivity index (χ2n) is 9.45. The molecule has 2 heterocycles. The zero-order valence-corrected chi connectivity index (χ0v) is 22.1. The van der Waals surface area contributed by atoms with Crippen molar-refractivity contribution >= 4 is 44.5 Å². The molecular weight excluding hydrogens is 522 g/mol. The number of nitrogens with one attached hydrogen (secondary N) is 3. The summed E-state index contributed by atoms with van der Waals surface area (Å²) >= 11 is 0. The minimum Gasteiger partial charge on any atom is -0.497 e. The van der Waals surface area contributed by atoms with Gasteiger partial charge in [-0.05, 0) is 80.1 Å².